The van der Waals surface area contributed by atoms with Crippen molar-refractivity contribution in [1.82, 2.24) is 0 Å². The molecule has 7 heteroatoms. The summed E-state index contributed by atoms with van der Waals surface area (Å²) in [6.07, 6.45) is 0.175. The van der Waals surface area contributed by atoms with Crippen molar-refractivity contribution in [3.8, 4) is 5.75 Å². The Morgan fingerprint density at radius 1 is 1.04 bits per heavy atom. The van der Waals surface area contributed by atoms with E-state index in [1.54, 1.807) is 24.3 Å². The number of hydrogen-bond acceptors (Lipinski definition) is 4. The third kappa shape index (κ3) is 3.46. The number of hydrogen-bond donors (Lipinski definition) is 1. The number of carbonyl (C=O) groups excluding carboxylic acids is 1. The van der Waals surface area contributed by atoms with E-state index in [0.717, 1.165) is 17.0 Å². The molecule has 1 amide bonds. The summed E-state index contributed by atoms with van der Waals surface area (Å²) in [5, 5.41) is 4.89. The summed E-state index contributed by atoms with van der Waals surface area (Å²) in [5.41, 5.74) is 1.07. The molecule has 0 saturated heterocycles. The fourth-order valence-electron chi connectivity index (χ4n) is 3.14. The molecule has 1 N–H and O–H groups in total. The van der Waals surface area contributed by atoms with Crippen molar-refractivity contribution >= 4 is 38.1 Å². The first-order valence-electron chi connectivity index (χ1n) is 8.45. The van der Waals surface area contributed by atoms with Crippen LogP contribution in [-0.2, 0) is 14.8 Å². The highest BCUT2D eigenvalue weighted by Gasteiger charge is 2.34. The second-order valence-corrected chi connectivity index (χ2v) is 8.33. The lowest BCUT2D eigenvalue weighted by molar-refractivity contribution is -0.122. The molecule has 4 rings (SSSR count). The molecular weight excluding hydrogens is 364 g/mol. The van der Waals surface area contributed by atoms with E-state index in [4.69, 9.17) is 4.74 Å². The first-order valence-corrected chi connectivity index (χ1v) is 10.3. The van der Waals surface area contributed by atoms with Crippen molar-refractivity contribution in [3.63, 3.8) is 0 Å². The summed E-state index contributed by atoms with van der Waals surface area (Å²) in [6, 6.07) is 20.2. The first-order chi connectivity index (χ1) is 12.9. The van der Waals surface area contributed by atoms with Gasteiger partial charge in [-0.25, -0.2) is 8.42 Å². The zero-order chi connectivity index (χ0) is 19.0. The Hall–Kier alpha value is -3.06. The van der Waals surface area contributed by atoms with Crippen LogP contribution < -0.4 is 14.4 Å². The van der Waals surface area contributed by atoms with Gasteiger partial charge in [0, 0.05) is 5.69 Å². The van der Waals surface area contributed by atoms with Crippen LogP contribution in [0, 0.1) is 0 Å². The molecule has 3 aromatic carbocycles. The van der Waals surface area contributed by atoms with Gasteiger partial charge in [-0.15, -0.1) is 0 Å². The number of rotatable bonds is 3. The molecule has 0 aliphatic carbocycles. The minimum absolute atomic E-state index is 0.0741. The van der Waals surface area contributed by atoms with Gasteiger partial charge in [0.2, 0.25) is 10.0 Å². The van der Waals surface area contributed by atoms with Crippen LogP contribution in [0.5, 0.6) is 5.75 Å². The Labute approximate surface area is 157 Å². The van der Waals surface area contributed by atoms with Crippen LogP contribution in [0.2, 0.25) is 0 Å². The highest BCUT2D eigenvalue weighted by molar-refractivity contribution is 7.92. The molecule has 1 unspecified atom stereocenters. The van der Waals surface area contributed by atoms with Crippen LogP contribution in [-0.4, -0.2) is 33.2 Å². The van der Waals surface area contributed by atoms with Gasteiger partial charge in [-0.2, -0.15) is 0 Å². The van der Waals surface area contributed by atoms with Gasteiger partial charge in [-0.05, 0) is 35.0 Å². The standard InChI is InChI=1S/C20H18N2O4S/c1-27(24,25)22-13-19(26-18-9-5-4-8-17(18)22)20(23)21-16-11-10-14-6-2-3-7-15(14)12-16/h2-12,19H,13H2,1H3,(H,21,23). The Kier molecular flexibility index (Phi) is 4.24. The minimum Gasteiger partial charge on any atom is -0.476 e. The second kappa shape index (κ2) is 6.59. The SMILES string of the molecule is CS(=O)(=O)N1CC(C(=O)Nc2ccc3ccccc3c2)Oc2ccccc21. The van der Waals surface area contributed by atoms with Crippen molar-refractivity contribution in [2.24, 2.45) is 0 Å². The van der Waals surface area contributed by atoms with Gasteiger partial charge in [0.1, 0.15) is 5.75 Å². The lowest BCUT2D eigenvalue weighted by Gasteiger charge is -2.33. The van der Waals surface area contributed by atoms with Gasteiger partial charge in [0.15, 0.2) is 6.10 Å². The smallest absolute Gasteiger partial charge is 0.267 e. The minimum atomic E-state index is -3.53. The van der Waals surface area contributed by atoms with E-state index in [-0.39, 0.29) is 6.54 Å². The Morgan fingerprint density at radius 2 is 1.74 bits per heavy atom. The summed E-state index contributed by atoms with van der Waals surface area (Å²) >= 11 is 0. The summed E-state index contributed by atoms with van der Waals surface area (Å²) in [6.45, 7) is -0.0741. The highest BCUT2D eigenvalue weighted by atomic mass is 32.2. The third-order valence-electron chi connectivity index (χ3n) is 4.44. The normalized spacial score (nSPS) is 16.5. The zero-order valence-electron chi connectivity index (χ0n) is 14.6. The highest BCUT2D eigenvalue weighted by Crippen LogP contribution is 2.34. The predicted octanol–water partition coefficient (Wildman–Crippen LogP) is 3.01. The Morgan fingerprint density at radius 3 is 2.52 bits per heavy atom. The van der Waals surface area contributed by atoms with E-state index < -0.39 is 22.0 Å². The van der Waals surface area contributed by atoms with Crippen LogP contribution in [0.4, 0.5) is 11.4 Å². The van der Waals surface area contributed by atoms with Crippen LogP contribution >= 0.6 is 0 Å². The van der Waals surface area contributed by atoms with Crippen LogP contribution in [0.25, 0.3) is 10.8 Å². The summed E-state index contributed by atoms with van der Waals surface area (Å²) in [4.78, 5) is 12.7. The quantitative estimate of drug-likeness (QED) is 0.756. The molecular formula is C20H18N2O4S. The molecule has 0 spiro atoms. The number of sulfonamides is 1. The van der Waals surface area contributed by atoms with Crippen molar-refractivity contribution in [2.75, 3.05) is 22.4 Å². The molecule has 1 aliphatic rings. The second-order valence-electron chi connectivity index (χ2n) is 6.42. The number of nitrogens with zero attached hydrogens (tertiary/aromatic N) is 1. The number of para-hydroxylation sites is 2. The van der Waals surface area contributed by atoms with E-state index in [9.17, 15) is 13.2 Å². The fraction of sp³-hybridized carbons (Fsp3) is 0.150. The molecule has 1 aliphatic heterocycles. The molecule has 1 heterocycles. The molecule has 0 aromatic heterocycles. The van der Waals surface area contributed by atoms with Crippen LogP contribution in [0.1, 0.15) is 0 Å². The predicted molar refractivity (Wildman–Crippen MR) is 106 cm³/mol. The fourth-order valence-corrected chi connectivity index (χ4v) is 4.06. The molecule has 0 radical (unpaired) electrons. The van der Waals surface area contributed by atoms with Crippen LogP contribution in [0.3, 0.4) is 0 Å². The van der Waals surface area contributed by atoms with E-state index in [2.05, 4.69) is 5.32 Å². The molecule has 6 nitrogen and oxygen atoms in total. The van der Waals surface area contributed by atoms with E-state index >= 15 is 0 Å². The maximum atomic E-state index is 12.7. The average Bonchev–Trinajstić information content (AvgIpc) is 2.66. The maximum absolute atomic E-state index is 12.7. The molecule has 138 valence electrons. The monoisotopic (exact) mass is 382 g/mol. The van der Waals surface area contributed by atoms with Gasteiger partial charge in [-0.3, -0.25) is 9.10 Å². The Balaban J connectivity index is 1.60. The van der Waals surface area contributed by atoms with Gasteiger partial charge >= 0.3 is 0 Å². The maximum Gasteiger partial charge on any atom is 0.267 e. The van der Waals surface area contributed by atoms with Gasteiger partial charge in [0.25, 0.3) is 5.91 Å². The van der Waals surface area contributed by atoms with Crippen molar-refractivity contribution in [3.05, 3.63) is 66.7 Å². The summed E-state index contributed by atoms with van der Waals surface area (Å²) in [5.74, 6) is -0.0266. The zero-order valence-corrected chi connectivity index (χ0v) is 15.4. The van der Waals surface area contributed by atoms with E-state index in [0.29, 0.717) is 17.1 Å². The first kappa shape index (κ1) is 17.4. The number of amides is 1. The molecule has 0 saturated carbocycles. The van der Waals surface area contributed by atoms with E-state index in [1.165, 1.54) is 4.31 Å². The van der Waals surface area contributed by atoms with Gasteiger partial charge < -0.3 is 10.1 Å². The Bertz CT molecular complexity index is 1130. The average molecular weight is 382 g/mol. The number of nitrogens with one attached hydrogen (secondary N) is 1. The van der Waals surface area contributed by atoms with Gasteiger partial charge in [-0.1, -0.05) is 42.5 Å². The summed E-state index contributed by atoms with van der Waals surface area (Å²) < 4.78 is 31.3. The lowest BCUT2D eigenvalue weighted by Crippen LogP contribution is -2.48. The largest absolute Gasteiger partial charge is 0.476 e. The topological polar surface area (TPSA) is 75.7 Å². The molecule has 1 atom stereocenters. The molecule has 27 heavy (non-hydrogen) atoms. The number of carbonyl (C=O) groups is 1. The van der Waals surface area contributed by atoms with Gasteiger partial charge in [0.05, 0.1) is 18.5 Å². The summed E-state index contributed by atoms with van der Waals surface area (Å²) in [7, 11) is -3.53. The van der Waals surface area contributed by atoms with Crippen LogP contribution in [0.15, 0.2) is 66.7 Å². The number of benzene rings is 3. The number of anilines is 2. The lowest BCUT2D eigenvalue weighted by atomic mass is 10.1. The number of fused-ring (bicyclic) bond motifs is 2. The van der Waals surface area contributed by atoms with Crippen molar-refractivity contribution in [2.45, 2.75) is 6.10 Å². The third-order valence-corrected chi connectivity index (χ3v) is 5.59. The molecule has 0 fully saturated rings. The molecule has 0 bridgehead atoms. The van der Waals surface area contributed by atoms with Crippen molar-refractivity contribution < 1.29 is 17.9 Å². The number of ether oxygens (including phenoxy) is 1. The molecule has 3 aromatic rings. The van der Waals surface area contributed by atoms with E-state index in [1.807, 2.05) is 42.5 Å². The van der Waals surface area contributed by atoms with Crippen molar-refractivity contribution in [1.29, 1.82) is 0 Å².